The molecule has 2 aromatic heterocycles. The molecular formula is C58H67BN2S2. The van der Waals surface area contributed by atoms with Crippen molar-refractivity contribution >= 4 is 98.7 Å². The molecule has 0 amide bonds. The molecule has 0 unspecified atom stereocenters. The third kappa shape index (κ3) is 6.52. The smallest absolute Gasteiger partial charge is 0.277 e. The van der Waals surface area contributed by atoms with Crippen LogP contribution < -0.4 is 24.8 Å². The van der Waals surface area contributed by atoms with E-state index in [2.05, 4.69) is 234 Å². The molecule has 0 radical (unpaired) electrons. The van der Waals surface area contributed by atoms with Gasteiger partial charge in [0.25, 0.3) is 6.71 Å². The maximum Gasteiger partial charge on any atom is 0.277 e. The fraction of sp³-hybridized carbons (Fsp3) is 0.414. The number of thiophene rings is 2. The Hall–Kier alpha value is -4.32. The first-order valence-corrected chi connectivity index (χ1v) is 25.1. The zero-order valence-corrected chi connectivity index (χ0v) is 42.5. The van der Waals surface area contributed by atoms with Gasteiger partial charge in [0.05, 0.1) is 11.4 Å². The fourth-order valence-corrected chi connectivity index (χ4v) is 14.3. The number of hydrogen-bond donors (Lipinski definition) is 0. The molecule has 0 atom stereocenters. The van der Waals surface area contributed by atoms with Crippen molar-refractivity contribution < 1.29 is 0 Å². The zero-order valence-electron chi connectivity index (χ0n) is 40.9. The first-order chi connectivity index (χ1) is 29.3. The van der Waals surface area contributed by atoms with Gasteiger partial charge in [0, 0.05) is 52.5 Å². The molecule has 2 nitrogen and oxygen atoms in total. The first kappa shape index (κ1) is 42.6. The van der Waals surface area contributed by atoms with E-state index in [4.69, 9.17) is 0 Å². The second-order valence-electron chi connectivity index (χ2n) is 24.6. The van der Waals surface area contributed by atoms with E-state index < -0.39 is 0 Å². The van der Waals surface area contributed by atoms with Crippen molar-refractivity contribution in [2.24, 2.45) is 0 Å². The monoisotopic (exact) mass is 866 g/mol. The van der Waals surface area contributed by atoms with Crippen LogP contribution in [0.4, 0.5) is 34.1 Å². The van der Waals surface area contributed by atoms with Gasteiger partial charge >= 0.3 is 0 Å². The highest BCUT2D eigenvalue weighted by atomic mass is 32.1. The predicted molar refractivity (Wildman–Crippen MR) is 281 cm³/mol. The van der Waals surface area contributed by atoms with E-state index in [1.54, 1.807) is 0 Å². The molecule has 5 aromatic carbocycles. The Morgan fingerprint density at radius 1 is 0.476 bits per heavy atom. The molecule has 10 rings (SSSR count). The summed E-state index contributed by atoms with van der Waals surface area (Å²) in [6.07, 6.45) is 2.39. The third-order valence-corrected chi connectivity index (χ3v) is 17.5. The van der Waals surface area contributed by atoms with Crippen LogP contribution >= 0.6 is 22.7 Å². The number of hydrogen-bond acceptors (Lipinski definition) is 4. The lowest BCUT2D eigenvalue weighted by molar-refractivity contribution is 0.332. The van der Waals surface area contributed by atoms with Crippen LogP contribution in [0.25, 0.3) is 20.2 Å². The third-order valence-electron chi connectivity index (χ3n) is 14.9. The van der Waals surface area contributed by atoms with Crippen molar-refractivity contribution in [1.82, 2.24) is 0 Å². The molecule has 63 heavy (non-hydrogen) atoms. The SMILES string of the molecule is CC(C)(C)c1ccc(N2c3cc(C(C)(C)C)cc4c3B(c3sc5c(C(C)(C)C)cccc5c32)c2sc3c(C(C)(C)C)cccc3c2N4c2ccc3c(c2)C(C)(C)CCC3(C)C)cc1. The van der Waals surface area contributed by atoms with Gasteiger partial charge in [-0.25, -0.2) is 0 Å². The number of rotatable bonds is 2. The average molecular weight is 867 g/mol. The summed E-state index contributed by atoms with van der Waals surface area (Å²) >= 11 is 4.11. The lowest BCUT2D eigenvalue weighted by Gasteiger charge is -2.45. The highest BCUT2D eigenvalue weighted by molar-refractivity contribution is 7.41. The van der Waals surface area contributed by atoms with E-state index in [1.165, 1.54) is 116 Å². The second-order valence-corrected chi connectivity index (χ2v) is 26.7. The molecule has 0 spiro atoms. The molecule has 0 saturated heterocycles. The van der Waals surface area contributed by atoms with E-state index in [1.807, 2.05) is 0 Å². The van der Waals surface area contributed by atoms with Crippen LogP contribution in [-0.4, -0.2) is 6.71 Å². The van der Waals surface area contributed by atoms with E-state index in [0.717, 1.165) is 0 Å². The summed E-state index contributed by atoms with van der Waals surface area (Å²) in [6, 6.07) is 36.5. The number of benzene rings is 5. The lowest BCUT2D eigenvalue weighted by atomic mass is 9.39. The molecule has 4 heterocycles. The predicted octanol–water partition coefficient (Wildman–Crippen LogP) is 15.7. The Morgan fingerprint density at radius 2 is 0.921 bits per heavy atom. The normalized spacial score (nSPS) is 16.9. The molecule has 5 heteroatoms. The maximum atomic E-state index is 2.73. The summed E-state index contributed by atoms with van der Waals surface area (Å²) in [5, 5.41) is 2.72. The number of nitrogens with zero attached hydrogens (tertiary/aromatic N) is 2. The molecule has 0 saturated carbocycles. The van der Waals surface area contributed by atoms with E-state index in [-0.39, 0.29) is 39.2 Å². The van der Waals surface area contributed by atoms with Crippen molar-refractivity contribution in [3.8, 4) is 0 Å². The van der Waals surface area contributed by atoms with Crippen LogP contribution in [0.2, 0.25) is 0 Å². The van der Waals surface area contributed by atoms with Crippen LogP contribution in [0.3, 0.4) is 0 Å². The molecule has 0 N–H and O–H groups in total. The zero-order chi connectivity index (χ0) is 45.1. The largest absolute Gasteiger partial charge is 0.310 e. The summed E-state index contributed by atoms with van der Waals surface area (Å²) in [6.45, 7) is 38.3. The van der Waals surface area contributed by atoms with Gasteiger partial charge < -0.3 is 9.80 Å². The van der Waals surface area contributed by atoms with Gasteiger partial charge in [-0.05, 0) is 121 Å². The van der Waals surface area contributed by atoms with Crippen LogP contribution in [0, 0.1) is 0 Å². The summed E-state index contributed by atoms with van der Waals surface area (Å²) in [4.78, 5) is 5.40. The summed E-state index contributed by atoms with van der Waals surface area (Å²) in [5.74, 6) is 0. The minimum absolute atomic E-state index is 0.00784. The molecule has 7 aromatic rings. The van der Waals surface area contributed by atoms with Crippen molar-refractivity contribution in [2.75, 3.05) is 9.80 Å². The summed E-state index contributed by atoms with van der Waals surface area (Å²) in [5.41, 5.74) is 18.0. The molecule has 0 bridgehead atoms. The van der Waals surface area contributed by atoms with Gasteiger partial charge in [0.1, 0.15) is 0 Å². The van der Waals surface area contributed by atoms with Gasteiger partial charge in [0.15, 0.2) is 0 Å². The Morgan fingerprint density at radius 3 is 1.38 bits per heavy atom. The standard InChI is InChI=1S/C58H67BN2S2/c1-53(2,3)34-23-25-36(26-24-34)60-44-31-35(54(4,5)6)32-45-46(44)59(51-47(60)38-19-17-21-41(49(38)62-51)55(7,8)9)52-48(39-20-18-22-42(50(39)63-52)56(10,11)12)61(45)37-27-28-40-43(33-37)58(15,16)30-29-57(40,13)14/h17-28,31-33H,29-30H2,1-16H3. The van der Waals surface area contributed by atoms with E-state index >= 15 is 0 Å². The van der Waals surface area contributed by atoms with Gasteiger partial charge in [-0.15, -0.1) is 22.7 Å². The minimum atomic E-state index is -0.0941. The van der Waals surface area contributed by atoms with Crippen LogP contribution in [0.15, 0.2) is 91.0 Å². The first-order valence-electron chi connectivity index (χ1n) is 23.4. The fourth-order valence-electron chi connectivity index (χ4n) is 11.0. The molecule has 324 valence electrons. The van der Waals surface area contributed by atoms with Gasteiger partial charge in [0.2, 0.25) is 0 Å². The van der Waals surface area contributed by atoms with Crippen LogP contribution in [-0.2, 0) is 32.5 Å². The lowest BCUT2D eigenvalue weighted by Crippen LogP contribution is -2.59. The minimum Gasteiger partial charge on any atom is -0.310 e. The Kier molecular flexibility index (Phi) is 9.21. The highest BCUT2D eigenvalue weighted by Gasteiger charge is 2.49. The Balaban J connectivity index is 1.38. The van der Waals surface area contributed by atoms with Crippen LogP contribution in [0.5, 0.6) is 0 Å². The molecule has 2 aliphatic heterocycles. The molecule has 0 fully saturated rings. The van der Waals surface area contributed by atoms with Crippen molar-refractivity contribution in [3.63, 3.8) is 0 Å². The molecule has 1 aliphatic carbocycles. The maximum absolute atomic E-state index is 2.73. The number of fused-ring (bicyclic) bond motifs is 9. The Bertz CT molecular complexity index is 3000. The van der Waals surface area contributed by atoms with Crippen molar-refractivity contribution in [3.05, 3.63) is 124 Å². The Labute approximate surface area is 386 Å². The van der Waals surface area contributed by atoms with Crippen molar-refractivity contribution in [2.45, 2.75) is 156 Å². The topological polar surface area (TPSA) is 6.48 Å². The number of anilines is 6. The van der Waals surface area contributed by atoms with E-state index in [0.29, 0.717) is 0 Å². The van der Waals surface area contributed by atoms with Gasteiger partial charge in [-0.3, -0.25) is 0 Å². The second kappa shape index (κ2) is 13.6. The van der Waals surface area contributed by atoms with Gasteiger partial charge in [-0.1, -0.05) is 165 Å². The molecule has 3 aliphatic rings. The average Bonchev–Trinajstić information content (AvgIpc) is 3.77. The summed E-state index contributed by atoms with van der Waals surface area (Å²) < 4.78 is 5.75. The van der Waals surface area contributed by atoms with Crippen molar-refractivity contribution in [1.29, 1.82) is 0 Å². The van der Waals surface area contributed by atoms with Crippen LogP contribution in [0.1, 0.15) is 157 Å². The quantitative estimate of drug-likeness (QED) is 0.160. The van der Waals surface area contributed by atoms with Gasteiger partial charge in [-0.2, -0.15) is 0 Å². The molecular weight excluding hydrogens is 800 g/mol. The summed E-state index contributed by atoms with van der Waals surface area (Å²) in [7, 11) is 0. The highest BCUT2D eigenvalue weighted by Crippen LogP contribution is 2.55. The van der Waals surface area contributed by atoms with E-state index in [9.17, 15) is 0 Å².